The molecule has 1 saturated heterocycles. The number of carbonyl (C=O) groups excluding carboxylic acids is 1. The highest BCUT2D eigenvalue weighted by atomic mass is 79.9. The minimum Gasteiger partial charge on any atom is -0.381 e. The van der Waals surface area contributed by atoms with Gasteiger partial charge in [0.1, 0.15) is 0 Å². The Balaban J connectivity index is 2.27. The maximum Gasteiger partial charge on any atom is 0.251 e. The first-order valence-corrected chi connectivity index (χ1v) is 8.84. The Bertz CT molecular complexity index is 654. The number of sulfonamides is 1. The van der Waals surface area contributed by atoms with Crippen LogP contribution < -0.4 is 10.5 Å². The van der Waals surface area contributed by atoms with Gasteiger partial charge in [-0.25, -0.2) is 13.6 Å². The smallest absolute Gasteiger partial charge is 0.251 e. The molecule has 1 aromatic rings. The van der Waals surface area contributed by atoms with Gasteiger partial charge in [-0.3, -0.25) is 4.79 Å². The SMILES string of the molecule is Cc1c(Br)cc(C(=O)NC2CCOCC2)cc1S(N)(=O)=O. The lowest BCUT2D eigenvalue weighted by Gasteiger charge is -2.23. The highest BCUT2D eigenvalue weighted by Crippen LogP contribution is 2.25. The molecule has 0 bridgehead atoms. The predicted octanol–water partition coefficient (Wildman–Crippen LogP) is 1.31. The monoisotopic (exact) mass is 376 g/mol. The molecular formula is C13H17BrN2O4S. The van der Waals surface area contributed by atoms with Crippen molar-refractivity contribution in [1.29, 1.82) is 0 Å². The first-order chi connectivity index (χ1) is 9.79. The van der Waals surface area contributed by atoms with Crippen molar-refractivity contribution in [1.82, 2.24) is 5.32 Å². The van der Waals surface area contributed by atoms with Gasteiger partial charge in [-0.05, 0) is 37.5 Å². The van der Waals surface area contributed by atoms with Gasteiger partial charge in [0.2, 0.25) is 10.0 Å². The van der Waals surface area contributed by atoms with Crippen molar-refractivity contribution in [2.45, 2.75) is 30.7 Å². The second kappa shape index (κ2) is 6.43. The van der Waals surface area contributed by atoms with Crippen molar-refractivity contribution >= 4 is 31.9 Å². The van der Waals surface area contributed by atoms with E-state index in [0.29, 0.717) is 23.2 Å². The highest BCUT2D eigenvalue weighted by Gasteiger charge is 2.21. The van der Waals surface area contributed by atoms with E-state index in [1.807, 2.05) is 0 Å². The summed E-state index contributed by atoms with van der Waals surface area (Å²) in [6.45, 7) is 2.86. The zero-order valence-corrected chi connectivity index (χ0v) is 14.0. The average molecular weight is 377 g/mol. The lowest BCUT2D eigenvalue weighted by molar-refractivity contribution is 0.0696. The van der Waals surface area contributed by atoms with Gasteiger partial charge in [-0.15, -0.1) is 0 Å². The Hall–Kier alpha value is -0.960. The highest BCUT2D eigenvalue weighted by molar-refractivity contribution is 9.10. The van der Waals surface area contributed by atoms with E-state index in [1.54, 1.807) is 13.0 Å². The zero-order valence-electron chi connectivity index (χ0n) is 11.6. The molecule has 2 rings (SSSR count). The van der Waals surface area contributed by atoms with Gasteiger partial charge in [0.25, 0.3) is 5.91 Å². The molecule has 8 heteroatoms. The van der Waals surface area contributed by atoms with Crippen LogP contribution in [-0.4, -0.2) is 33.6 Å². The lowest BCUT2D eigenvalue weighted by Crippen LogP contribution is -2.39. The van der Waals surface area contributed by atoms with E-state index in [1.165, 1.54) is 6.07 Å². The molecule has 0 atom stereocenters. The van der Waals surface area contributed by atoms with Crippen molar-refractivity contribution in [3.63, 3.8) is 0 Å². The average Bonchev–Trinajstić information content (AvgIpc) is 2.41. The summed E-state index contributed by atoms with van der Waals surface area (Å²) in [4.78, 5) is 12.2. The number of halogens is 1. The number of hydrogen-bond acceptors (Lipinski definition) is 4. The summed E-state index contributed by atoms with van der Waals surface area (Å²) < 4.78 is 28.9. The van der Waals surface area contributed by atoms with Crippen LogP contribution in [0.15, 0.2) is 21.5 Å². The third-order valence-corrected chi connectivity index (χ3v) is 5.28. The molecule has 0 saturated carbocycles. The van der Waals surface area contributed by atoms with E-state index < -0.39 is 10.0 Å². The van der Waals surface area contributed by atoms with Gasteiger partial charge in [0, 0.05) is 29.3 Å². The second-order valence-electron chi connectivity index (χ2n) is 4.99. The number of ether oxygens (including phenoxy) is 1. The molecule has 1 heterocycles. The number of nitrogens with two attached hydrogens (primary N) is 1. The first kappa shape index (κ1) is 16.4. The van der Waals surface area contributed by atoms with E-state index in [0.717, 1.165) is 12.8 Å². The molecule has 0 aromatic heterocycles. The van der Waals surface area contributed by atoms with E-state index >= 15 is 0 Å². The molecule has 1 aromatic carbocycles. The largest absolute Gasteiger partial charge is 0.381 e. The van der Waals surface area contributed by atoms with Crippen molar-refractivity contribution in [3.05, 3.63) is 27.7 Å². The number of carbonyl (C=O) groups is 1. The van der Waals surface area contributed by atoms with Crippen LogP contribution in [0.3, 0.4) is 0 Å². The molecule has 3 N–H and O–H groups in total. The molecule has 1 amide bonds. The van der Waals surface area contributed by atoms with E-state index in [-0.39, 0.29) is 22.4 Å². The number of primary sulfonamides is 1. The van der Waals surface area contributed by atoms with E-state index in [9.17, 15) is 13.2 Å². The normalized spacial score (nSPS) is 16.7. The number of amides is 1. The van der Waals surface area contributed by atoms with Crippen LogP contribution >= 0.6 is 15.9 Å². The minimum absolute atomic E-state index is 0.0456. The van der Waals surface area contributed by atoms with Crippen molar-refractivity contribution in [2.24, 2.45) is 5.14 Å². The Morgan fingerprint density at radius 1 is 1.38 bits per heavy atom. The summed E-state index contributed by atoms with van der Waals surface area (Å²) in [5, 5.41) is 8.07. The summed E-state index contributed by atoms with van der Waals surface area (Å²) in [5.74, 6) is -0.312. The Kier molecular flexibility index (Phi) is 5.03. The standard InChI is InChI=1S/C13H17BrN2O4S/c1-8-11(14)6-9(7-12(8)21(15,18)19)13(17)16-10-2-4-20-5-3-10/h6-7,10H,2-5H2,1H3,(H,16,17)(H2,15,18,19). The summed E-state index contributed by atoms with van der Waals surface area (Å²) in [6.07, 6.45) is 1.50. The summed E-state index contributed by atoms with van der Waals surface area (Å²) in [5.41, 5.74) is 0.753. The summed E-state index contributed by atoms with van der Waals surface area (Å²) in [7, 11) is -3.88. The third kappa shape index (κ3) is 4.03. The van der Waals surface area contributed by atoms with Crippen LogP contribution in [0.2, 0.25) is 0 Å². The number of rotatable bonds is 3. The predicted molar refractivity (Wildman–Crippen MR) is 81.6 cm³/mol. The maximum atomic E-state index is 12.2. The molecule has 6 nitrogen and oxygen atoms in total. The van der Waals surface area contributed by atoms with Crippen LogP contribution in [-0.2, 0) is 14.8 Å². The molecule has 1 fully saturated rings. The van der Waals surface area contributed by atoms with Crippen LogP contribution in [0.4, 0.5) is 0 Å². The Morgan fingerprint density at radius 2 is 2.00 bits per heavy atom. The number of hydrogen-bond donors (Lipinski definition) is 2. The molecular weight excluding hydrogens is 360 g/mol. The molecule has 1 aliphatic heterocycles. The van der Waals surface area contributed by atoms with Crippen molar-refractivity contribution in [3.8, 4) is 0 Å². The van der Waals surface area contributed by atoms with Gasteiger partial charge < -0.3 is 10.1 Å². The molecule has 0 unspecified atom stereocenters. The fourth-order valence-electron chi connectivity index (χ4n) is 2.19. The topological polar surface area (TPSA) is 98.5 Å². The van der Waals surface area contributed by atoms with Gasteiger partial charge >= 0.3 is 0 Å². The molecule has 1 aliphatic rings. The quantitative estimate of drug-likeness (QED) is 0.830. The Morgan fingerprint density at radius 3 is 2.57 bits per heavy atom. The van der Waals surface area contributed by atoms with Gasteiger partial charge in [-0.2, -0.15) is 0 Å². The van der Waals surface area contributed by atoms with Crippen molar-refractivity contribution in [2.75, 3.05) is 13.2 Å². The zero-order chi connectivity index (χ0) is 15.6. The van der Waals surface area contributed by atoms with E-state index in [4.69, 9.17) is 9.88 Å². The van der Waals surface area contributed by atoms with Crippen LogP contribution in [0.5, 0.6) is 0 Å². The van der Waals surface area contributed by atoms with Gasteiger partial charge in [-0.1, -0.05) is 15.9 Å². The van der Waals surface area contributed by atoms with Gasteiger partial charge in [0.15, 0.2) is 0 Å². The second-order valence-corrected chi connectivity index (χ2v) is 7.37. The van der Waals surface area contributed by atoms with Crippen molar-refractivity contribution < 1.29 is 17.9 Å². The number of nitrogens with one attached hydrogen (secondary N) is 1. The third-order valence-electron chi connectivity index (χ3n) is 3.42. The summed E-state index contributed by atoms with van der Waals surface area (Å²) >= 11 is 3.26. The minimum atomic E-state index is -3.88. The first-order valence-electron chi connectivity index (χ1n) is 6.50. The fraction of sp³-hybridized carbons (Fsp3) is 0.462. The molecule has 0 radical (unpaired) electrons. The Labute approximate surface area is 132 Å². The molecule has 116 valence electrons. The molecule has 21 heavy (non-hydrogen) atoms. The van der Waals surface area contributed by atoms with Gasteiger partial charge in [0.05, 0.1) is 4.90 Å². The molecule has 0 aliphatic carbocycles. The summed E-state index contributed by atoms with van der Waals surface area (Å²) in [6, 6.07) is 2.95. The van der Waals surface area contributed by atoms with E-state index in [2.05, 4.69) is 21.2 Å². The van der Waals surface area contributed by atoms with Crippen LogP contribution in [0, 0.1) is 6.92 Å². The fourth-order valence-corrected chi connectivity index (χ4v) is 3.61. The maximum absolute atomic E-state index is 12.2. The van der Waals surface area contributed by atoms with Crippen LogP contribution in [0.1, 0.15) is 28.8 Å². The molecule has 0 spiro atoms. The lowest BCUT2D eigenvalue weighted by atomic mass is 10.1. The number of benzene rings is 1. The van der Waals surface area contributed by atoms with Crippen LogP contribution in [0.25, 0.3) is 0 Å².